The monoisotopic (exact) mass is 253 g/mol. The van der Waals surface area contributed by atoms with E-state index in [9.17, 15) is 4.79 Å². The summed E-state index contributed by atoms with van der Waals surface area (Å²) in [5, 5.41) is 3.96. The summed E-state index contributed by atoms with van der Waals surface area (Å²) in [6.45, 7) is 2.21. The Hall–Kier alpha value is -1.06. The molecular weight excluding hydrogens is 238 g/mol. The fourth-order valence-electron chi connectivity index (χ4n) is 1.67. The quantitative estimate of drug-likeness (QED) is 0.820. The molecule has 1 saturated carbocycles. The molecule has 4 heteroatoms. The molecule has 3 nitrogen and oxygen atoms in total. The van der Waals surface area contributed by atoms with Gasteiger partial charge in [-0.15, -0.1) is 0 Å². The lowest BCUT2D eigenvalue weighted by molar-refractivity contribution is -0.145. The lowest BCUT2D eigenvalue weighted by Crippen LogP contribution is -2.31. The van der Waals surface area contributed by atoms with Crippen molar-refractivity contribution in [3.63, 3.8) is 0 Å². The van der Waals surface area contributed by atoms with E-state index in [2.05, 4.69) is 5.32 Å². The molecule has 1 fully saturated rings. The van der Waals surface area contributed by atoms with Crippen LogP contribution in [0.5, 0.6) is 0 Å². The number of halogens is 1. The second kappa shape index (κ2) is 5.52. The zero-order chi connectivity index (χ0) is 12.3. The SMILES string of the molecule is CCOC(=O)[C@@H](NC1CC1)c1ccc(Cl)cc1. The predicted molar refractivity (Wildman–Crippen MR) is 67.0 cm³/mol. The number of esters is 1. The lowest BCUT2D eigenvalue weighted by Gasteiger charge is -2.17. The molecule has 0 aromatic heterocycles. The summed E-state index contributed by atoms with van der Waals surface area (Å²) in [5.74, 6) is -0.221. The highest BCUT2D eigenvalue weighted by Crippen LogP contribution is 2.25. The molecule has 0 aliphatic heterocycles. The standard InChI is InChI=1S/C13H16ClNO2/c1-2-17-13(16)12(15-11-7-8-11)9-3-5-10(14)6-4-9/h3-6,11-12,15H,2,7-8H2,1H3/t12-/m0/s1. The summed E-state index contributed by atoms with van der Waals surface area (Å²) >= 11 is 5.84. The number of benzene rings is 1. The van der Waals surface area contributed by atoms with E-state index in [-0.39, 0.29) is 12.0 Å². The molecule has 17 heavy (non-hydrogen) atoms. The van der Waals surface area contributed by atoms with Crippen molar-refractivity contribution < 1.29 is 9.53 Å². The van der Waals surface area contributed by atoms with E-state index in [1.54, 1.807) is 12.1 Å². The maximum absolute atomic E-state index is 11.9. The summed E-state index contributed by atoms with van der Waals surface area (Å²) in [7, 11) is 0. The fourth-order valence-corrected chi connectivity index (χ4v) is 1.79. The van der Waals surface area contributed by atoms with Gasteiger partial charge in [-0.05, 0) is 37.5 Å². The van der Waals surface area contributed by atoms with Gasteiger partial charge >= 0.3 is 5.97 Å². The second-order valence-electron chi connectivity index (χ2n) is 4.18. The zero-order valence-corrected chi connectivity index (χ0v) is 10.5. The largest absolute Gasteiger partial charge is 0.465 e. The molecule has 1 N–H and O–H groups in total. The van der Waals surface area contributed by atoms with Crippen molar-refractivity contribution >= 4 is 17.6 Å². The van der Waals surface area contributed by atoms with Crippen molar-refractivity contribution in [3.8, 4) is 0 Å². The smallest absolute Gasteiger partial charge is 0.327 e. The average Bonchev–Trinajstić information content (AvgIpc) is 3.11. The van der Waals surface area contributed by atoms with Crippen molar-refractivity contribution in [2.75, 3.05) is 6.61 Å². The minimum Gasteiger partial charge on any atom is -0.465 e. The molecule has 1 aromatic carbocycles. The minimum atomic E-state index is -0.375. The number of hydrogen-bond acceptors (Lipinski definition) is 3. The van der Waals surface area contributed by atoms with Gasteiger partial charge in [-0.25, -0.2) is 4.79 Å². The molecule has 1 atom stereocenters. The van der Waals surface area contributed by atoms with Crippen molar-refractivity contribution in [3.05, 3.63) is 34.9 Å². The van der Waals surface area contributed by atoms with Crippen molar-refractivity contribution in [2.24, 2.45) is 0 Å². The van der Waals surface area contributed by atoms with Crippen molar-refractivity contribution in [1.82, 2.24) is 5.32 Å². The second-order valence-corrected chi connectivity index (χ2v) is 4.61. The fraction of sp³-hybridized carbons (Fsp3) is 0.462. The molecule has 0 unspecified atom stereocenters. The van der Waals surface area contributed by atoms with Gasteiger partial charge in [0, 0.05) is 11.1 Å². The number of carbonyl (C=O) groups is 1. The minimum absolute atomic E-state index is 0.221. The Morgan fingerprint density at radius 2 is 2.12 bits per heavy atom. The average molecular weight is 254 g/mol. The third kappa shape index (κ3) is 3.45. The highest BCUT2D eigenvalue weighted by molar-refractivity contribution is 6.30. The maximum atomic E-state index is 11.9. The van der Waals surface area contributed by atoms with Gasteiger partial charge in [-0.3, -0.25) is 5.32 Å². The Bertz CT molecular complexity index is 387. The Balaban J connectivity index is 2.12. The first-order valence-corrected chi connectivity index (χ1v) is 6.26. The molecule has 0 radical (unpaired) electrons. The van der Waals surface area contributed by atoms with Crippen molar-refractivity contribution in [1.29, 1.82) is 0 Å². The van der Waals surface area contributed by atoms with Crippen LogP contribution in [0.2, 0.25) is 5.02 Å². The van der Waals surface area contributed by atoms with Gasteiger partial charge < -0.3 is 4.74 Å². The summed E-state index contributed by atoms with van der Waals surface area (Å²) in [4.78, 5) is 11.9. The molecule has 0 saturated heterocycles. The van der Waals surface area contributed by atoms with Gasteiger partial charge in [-0.1, -0.05) is 23.7 Å². The van der Waals surface area contributed by atoms with E-state index in [1.165, 1.54) is 0 Å². The van der Waals surface area contributed by atoms with Gasteiger partial charge in [0.25, 0.3) is 0 Å². The zero-order valence-electron chi connectivity index (χ0n) is 9.78. The van der Waals surface area contributed by atoms with E-state index in [4.69, 9.17) is 16.3 Å². The Kier molecular flexibility index (Phi) is 4.02. The molecular formula is C13H16ClNO2. The Morgan fingerprint density at radius 1 is 1.47 bits per heavy atom. The van der Waals surface area contributed by atoms with Crippen LogP contribution in [0, 0.1) is 0 Å². The maximum Gasteiger partial charge on any atom is 0.327 e. The predicted octanol–water partition coefficient (Wildman–Crippen LogP) is 2.70. The van der Waals surface area contributed by atoms with Gasteiger partial charge in [0.15, 0.2) is 0 Å². The van der Waals surface area contributed by atoms with Gasteiger partial charge in [0.1, 0.15) is 6.04 Å². The first-order chi connectivity index (χ1) is 8.20. The third-order valence-electron chi connectivity index (χ3n) is 2.71. The number of ether oxygens (including phenoxy) is 1. The van der Waals surface area contributed by atoms with Crippen LogP contribution in [0.4, 0.5) is 0 Å². The summed E-state index contributed by atoms with van der Waals surface area (Å²) in [6, 6.07) is 7.37. The number of carbonyl (C=O) groups excluding carboxylic acids is 1. The topological polar surface area (TPSA) is 38.3 Å². The molecule has 0 amide bonds. The van der Waals surface area contributed by atoms with E-state index in [0.29, 0.717) is 17.7 Å². The lowest BCUT2D eigenvalue weighted by atomic mass is 10.1. The molecule has 1 aliphatic rings. The van der Waals surface area contributed by atoms with Crippen LogP contribution < -0.4 is 5.32 Å². The molecule has 0 heterocycles. The molecule has 2 rings (SSSR count). The Labute approximate surface area is 106 Å². The summed E-state index contributed by atoms with van der Waals surface area (Å²) in [5.41, 5.74) is 0.903. The van der Waals surface area contributed by atoms with Crippen LogP contribution in [0.25, 0.3) is 0 Å². The van der Waals surface area contributed by atoms with E-state index in [1.807, 2.05) is 19.1 Å². The van der Waals surface area contributed by atoms with Crippen molar-refractivity contribution in [2.45, 2.75) is 31.8 Å². The molecule has 1 aliphatic carbocycles. The van der Waals surface area contributed by atoms with Crippen LogP contribution in [0.3, 0.4) is 0 Å². The van der Waals surface area contributed by atoms with Gasteiger partial charge in [0.2, 0.25) is 0 Å². The highest BCUT2D eigenvalue weighted by Gasteiger charge is 2.30. The molecule has 92 valence electrons. The number of nitrogens with one attached hydrogen (secondary N) is 1. The van der Waals surface area contributed by atoms with Gasteiger partial charge in [0.05, 0.1) is 6.61 Å². The van der Waals surface area contributed by atoms with Crippen LogP contribution >= 0.6 is 11.6 Å². The van der Waals surface area contributed by atoms with E-state index in [0.717, 1.165) is 18.4 Å². The third-order valence-corrected chi connectivity index (χ3v) is 2.96. The van der Waals surface area contributed by atoms with Crippen LogP contribution in [-0.4, -0.2) is 18.6 Å². The number of rotatable bonds is 5. The summed E-state index contributed by atoms with van der Waals surface area (Å²) < 4.78 is 5.08. The highest BCUT2D eigenvalue weighted by atomic mass is 35.5. The van der Waals surface area contributed by atoms with Gasteiger partial charge in [-0.2, -0.15) is 0 Å². The van der Waals surface area contributed by atoms with E-state index < -0.39 is 0 Å². The van der Waals surface area contributed by atoms with Crippen LogP contribution in [0.15, 0.2) is 24.3 Å². The van der Waals surface area contributed by atoms with E-state index >= 15 is 0 Å². The Morgan fingerprint density at radius 3 is 2.65 bits per heavy atom. The first kappa shape index (κ1) is 12.4. The number of hydrogen-bond donors (Lipinski definition) is 1. The van der Waals surface area contributed by atoms with Crippen LogP contribution in [-0.2, 0) is 9.53 Å². The molecule has 0 bridgehead atoms. The van der Waals surface area contributed by atoms with Crippen LogP contribution in [0.1, 0.15) is 31.4 Å². The normalized spacial score (nSPS) is 16.6. The molecule has 0 spiro atoms. The molecule has 1 aromatic rings. The summed E-state index contributed by atoms with van der Waals surface area (Å²) in [6.07, 6.45) is 2.26. The first-order valence-electron chi connectivity index (χ1n) is 5.89.